The molecule has 3 rings (SSSR count). The number of benzene rings is 1. The van der Waals surface area contributed by atoms with E-state index in [4.69, 9.17) is 4.74 Å². The van der Waals surface area contributed by atoms with Crippen LogP contribution in [0.5, 0.6) is 0 Å². The molecule has 2 aliphatic heterocycles. The zero-order chi connectivity index (χ0) is 18.0. The Balaban J connectivity index is 1.68. The molecule has 2 fully saturated rings. The summed E-state index contributed by atoms with van der Waals surface area (Å²) in [4.78, 5) is 29.3. The molecule has 1 aromatic carbocycles. The number of hydrogen-bond acceptors (Lipinski definition) is 3. The number of carbonyl (C=O) groups is 2. The standard InChI is InChI=1S/C20H28N2O3/c1-14-12-15(2)18(16(3)13-14)20(24)22-8-5-7-21(9-10-22)19(23)17-6-4-11-25-17/h12-13,17H,4-11H2,1-3H3. The van der Waals surface area contributed by atoms with Crippen LogP contribution in [0, 0.1) is 20.8 Å². The van der Waals surface area contributed by atoms with Crippen molar-refractivity contribution in [1.29, 1.82) is 0 Å². The first-order valence-electron chi connectivity index (χ1n) is 9.25. The molecule has 0 radical (unpaired) electrons. The van der Waals surface area contributed by atoms with Crippen molar-refractivity contribution in [3.8, 4) is 0 Å². The van der Waals surface area contributed by atoms with E-state index in [0.717, 1.165) is 36.0 Å². The molecule has 25 heavy (non-hydrogen) atoms. The molecule has 5 heteroatoms. The first-order valence-corrected chi connectivity index (χ1v) is 9.25. The number of ether oxygens (including phenoxy) is 1. The normalized spacial score (nSPS) is 21.3. The lowest BCUT2D eigenvalue weighted by Gasteiger charge is -2.25. The SMILES string of the molecule is Cc1cc(C)c(C(=O)N2CCCN(C(=O)C3CCCO3)CC2)c(C)c1. The molecule has 0 bridgehead atoms. The molecule has 0 spiro atoms. The predicted octanol–water partition coefficient (Wildman–Crippen LogP) is 2.47. The number of nitrogens with zero attached hydrogens (tertiary/aromatic N) is 2. The number of carbonyl (C=O) groups excluding carboxylic acids is 2. The van der Waals surface area contributed by atoms with Gasteiger partial charge in [0.1, 0.15) is 6.10 Å². The second kappa shape index (κ2) is 7.56. The third-order valence-electron chi connectivity index (χ3n) is 5.19. The van der Waals surface area contributed by atoms with Gasteiger partial charge in [-0.15, -0.1) is 0 Å². The molecular weight excluding hydrogens is 316 g/mol. The molecule has 0 aliphatic carbocycles. The summed E-state index contributed by atoms with van der Waals surface area (Å²) in [6.45, 7) is 9.31. The fourth-order valence-corrected chi connectivity index (χ4v) is 3.99. The van der Waals surface area contributed by atoms with Gasteiger partial charge in [-0.05, 0) is 51.2 Å². The lowest BCUT2D eigenvalue weighted by atomic mass is 9.98. The Morgan fingerprint density at radius 3 is 2.24 bits per heavy atom. The molecule has 0 saturated carbocycles. The van der Waals surface area contributed by atoms with Crippen molar-refractivity contribution in [3.63, 3.8) is 0 Å². The van der Waals surface area contributed by atoms with Crippen molar-refractivity contribution in [2.45, 2.75) is 46.1 Å². The second-order valence-electron chi connectivity index (χ2n) is 7.25. The highest BCUT2D eigenvalue weighted by atomic mass is 16.5. The van der Waals surface area contributed by atoms with E-state index in [-0.39, 0.29) is 17.9 Å². The minimum Gasteiger partial charge on any atom is -0.368 e. The van der Waals surface area contributed by atoms with Gasteiger partial charge in [0.15, 0.2) is 0 Å². The van der Waals surface area contributed by atoms with Crippen LogP contribution in [-0.4, -0.2) is 60.5 Å². The Kier molecular flexibility index (Phi) is 5.42. The van der Waals surface area contributed by atoms with Gasteiger partial charge in [0, 0.05) is 38.3 Å². The molecule has 136 valence electrons. The van der Waals surface area contributed by atoms with Gasteiger partial charge in [0.25, 0.3) is 11.8 Å². The fourth-order valence-electron chi connectivity index (χ4n) is 3.99. The van der Waals surface area contributed by atoms with Gasteiger partial charge in [-0.25, -0.2) is 0 Å². The van der Waals surface area contributed by atoms with E-state index in [1.165, 1.54) is 5.56 Å². The molecule has 1 aromatic rings. The number of hydrogen-bond donors (Lipinski definition) is 0. The topological polar surface area (TPSA) is 49.9 Å². The Hall–Kier alpha value is -1.88. The number of aryl methyl sites for hydroxylation is 3. The van der Waals surface area contributed by atoms with Crippen molar-refractivity contribution >= 4 is 11.8 Å². The summed E-state index contributed by atoms with van der Waals surface area (Å²) in [6.07, 6.45) is 2.32. The minimum absolute atomic E-state index is 0.0846. The summed E-state index contributed by atoms with van der Waals surface area (Å²) in [6, 6.07) is 4.12. The highest BCUT2D eigenvalue weighted by molar-refractivity contribution is 5.97. The van der Waals surface area contributed by atoms with Crippen LogP contribution in [0.15, 0.2) is 12.1 Å². The highest BCUT2D eigenvalue weighted by Crippen LogP contribution is 2.20. The largest absolute Gasteiger partial charge is 0.368 e. The Morgan fingerprint density at radius 1 is 0.960 bits per heavy atom. The van der Waals surface area contributed by atoms with Crippen LogP contribution in [-0.2, 0) is 9.53 Å². The van der Waals surface area contributed by atoms with E-state index >= 15 is 0 Å². The van der Waals surface area contributed by atoms with E-state index in [1.54, 1.807) is 0 Å². The van der Waals surface area contributed by atoms with Crippen LogP contribution in [0.1, 0.15) is 46.3 Å². The van der Waals surface area contributed by atoms with E-state index in [0.29, 0.717) is 32.8 Å². The lowest BCUT2D eigenvalue weighted by molar-refractivity contribution is -0.140. The average molecular weight is 344 g/mol. The van der Waals surface area contributed by atoms with Crippen molar-refractivity contribution < 1.29 is 14.3 Å². The van der Waals surface area contributed by atoms with Gasteiger partial charge in [-0.1, -0.05) is 17.7 Å². The van der Waals surface area contributed by atoms with E-state index in [1.807, 2.05) is 23.6 Å². The Morgan fingerprint density at radius 2 is 1.60 bits per heavy atom. The first kappa shape index (κ1) is 17.9. The van der Waals surface area contributed by atoms with E-state index < -0.39 is 0 Å². The molecule has 2 saturated heterocycles. The lowest BCUT2D eigenvalue weighted by Crippen LogP contribution is -2.42. The molecule has 1 atom stereocenters. The molecular formula is C20H28N2O3. The Labute approximate surface area is 149 Å². The zero-order valence-corrected chi connectivity index (χ0v) is 15.5. The molecule has 2 aliphatic rings. The maximum absolute atomic E-state index is 13.0. The highest BCUT2D eigenvalue weighted by Gasteiger charge is 2.30. The van der Waals surface area contributed by atoms with Crippen LogP contribution in [0.25, 0.3) is 0 Å². The van der Waals surface area contributed by atoms with Crippen molar-refractivity contribution in [2.75, 3.05) is 32.8 Å². The van der Waals surface area contributed by atoms with Crippen LogP contribution in [0.2, 0.25) is 0 Å². The first-order chi connectivity index (χ1) is 12.0. The van der Waals surface area contributed by atoms with Gasteiger partial charge in [0.05, 0.1) is 0 Å². The van der Waals surface area contributed by atoms with Crippen LogP contribution in [0.3, 0.4) is 0 Å². The monoisotopic (exact) mass is 344 g/mol. The van der Waals surface area contributed by atoms with Crippen LogP contribution in [0.4, 0.5) is 0 Å². The maximum Gasteiger partial charge on any atom is 0.254 e. The smallest absolute Gasteiger partial charge is 0.254 e. The molecule has 2 heterocycles. The molecule has 1 unspecified atom stereocenters. The van der Waals surface area contributed by atoms with Gasteiger partial charge in [-0.2, -0.15) is 0 Å². The second-order valence-corrected chi connectivity index (χ2v) is 7.25. The third-order valence-corrected chi connectivity index (χ3v) is 5.19. The summed E-state index contributed by atoms with van der Waals surface area (Å²) >= 11 is 0. The average Bonchev–Trinajstić information content (AvgIpc) is 2.97. The summed E-state index contributed by atoms with van der Waals surface area (Å²) in [5.41, 5.74) is 4.04. The molecule has 2 amide bonds. The van der Waals surface area contributed by atoms with Crippen LogP contribution < -0.4 is 0 Å². The van der Waals surface area contributed by atoms with Crippen molar-refractivity contribution in [3.05, 3.63) is 34.4 Å². The number of amides is 2. The Bertz CT molecular complexity index is 642. The zero-order valence-electron chi connectivity index (χ0n) is 15.5. The van der Waals surface area contributed by atoms with Crippen molar-refractivity contribution in [2.24, 2.45) is 0 Å². The molecule has 0 aromatic heterocycles. The summed E-state index contributed by atoms with van der Waals surface area (Å²) < 4.78 is 5.52. The maximum atomic E-state index is 13.0. The van der Waals surface area contributed by atoms with Gasteiger partial charge < -0.3 is 14.5 Å². The fraction of sp³-hybridized carbons (Fsp3) is 0.600. The third kappa shape index (κ3) is 3.87. The van der Waals surface area contributed by atoms with Gasteiger partial charge in [0.2, 0.25) is 0 Å². The molecule has 0 N–H and O–H groups in total. The summed E-state index contributed by atoms with van der Waals surface area (Å²) in [5, 5.41) is 0. The number of rotatable bonds is 2. The van der Waals surface area contributed by atoms with Crippen LogP contribution >= 0.6 is 0 Å². The minimum atomic E-state index is -0.274. The van der Waals surface area contributed by atoms with Crippen molar-refractivity contribution in [1.82, 2.24) is 9.80 Å². The van der Waals surface area contributed by atoms with Gasteiger partial charge in [-0.3, -0.25) is 9.59 Å². The van der Waals surface area contributed by atoms with E-state index in [2.05, 4.69) is 19.1 Å². The quantitative estimate of drug-likeness (QED) is 0.828. The summed E-state index contributed by atoms with van der Waals surface area (Å²) in [5.74, 6) is 0.177. The summed E-state index contributed by atoms with van der Waals surface area (Å²) in [7, 11) is 0. The predicted molar refractivity (Wildman–Crippen MR) is 96.7 cm³/mol. The molecule has 5 nitrogen and oxygen atoms in total. The van der Waals surface area contributed by atoms with Gasteiger partial charge >= 0.3 is 0 Å². The van der Waals surface area contributed by atoms with E-state index in [9.17, 15) is 9.59 Å².